The third-order valence-electron chi connectivity index (χ3n) is 4.97. The van der Waals surface area contributed by atoms with E-state index in [4.69, 9.17) is 4.74 Å². The highest BCUT2D eigenvalue weighted by molar-refractivity contribution is 5.50. The lowest BCUT2D eigenvalue weighted by molar-refractivity contribution is 0.121. The number of rotatable bonds is 7. The smallest absolute Gasteiger partial charge is 0.131 e. The van der Waals surface area contributed by atoms with Crippen LogP contribution in [0.15, 0.2) is 0 Å². The number of anilines is 1. The van der Waals surface area contributed by atoms with Gasteiger partial charge in [0.25, 0.3) is 0 Å². The molecular formula is C17H31N5O2. The van der Waals surface area contributed by atoms with Gasteiger partial charge in [0, 0.05) is 45.3 Å². The van der Waals surface area contributed by atoms with Gasteiger partial charge in [-0.2, -0.15) is 5.10 Å². The Bertz CT molecular complexity index is 521. The average molecular weight is 337 g/mol. The summed E-state index contributed by atoms with van der Waals surface area (Å²) < 4.78 is 7.43. The first-order valence-corrected chi connectivity index (χ1v) is 9.11. The highest BCUT2D eigenvalue weighted by Gasteiger charge is 2.21. The summed E-state index contributed by atoms with van der Waals surface area (Å²) in [5.74, 6) is 1.18. The summed E-state index contributed by atoms with van der Waals surface area (Å²) in [7, 11) is 2.00. The van der Waals surface area contributed by atoms with E-state index in [-0.39, 0.29) is 6.10 Å². The molecule has 2 N–H and O–H groups in total. The van der Waals surface area contributed by atoms with Crippen LogP contribution in [0.3, 0.4) is 0 Å². The molecule has 2 saturated heterocycles. The molecular weight excluding hydrogens is 306 g/mol. The molecule has 1 aromatic rings. The molecule has 3 heterocycles. The number of β-amino-alcohol motifs (C(OH)–C–C–N with tert-alkyl or cyclic N) is 1. The van der Waals surface area contributed by atoms with E-state index in [0.717, 1.165) is 58.2 Å². The summed E-state index contributed by atoms with van der Waals surface area (Å²) in [4.78, 5) is 4.70. The molecule has 2 fully saturated rings. The van der Waals surface area contributed by atoms with Crippen LogP contribution < -0.4 is 10.2 Å². The van der Waals surface area contributed by atoms with Crippen LogP contribution in [0, 0.1) is 6.92 Å². The first-order chi connectivity index (χ1) is 11.6. The van der Waals surface area contributed by atoms with E-state index in [1.165, 1.54) is 24.2 Å². The van der Waals surface area contributed by atoms with E-state index in [2.05, 4.69) is 27.1 Å². The molecule has 0 radical (unpaired) electrons. The molecule has 3 rings (SSSR count). The number of aromatic nitrogens is 2. The van der Waals surface area contributed by atoms with Crippen LogP contribution in [-0.2, 0) is 18.3 Å². The number of hydrogen-bond donors (Lipinski definition) is 2. The zero-order valence-electron chi connectivity index (χ0n) is 15.0. The van der Waals surface area contributed by atoms with E-state index < -0.39 is 0 Å². The highest BCUT2D eigenvalue weighted by atomic mass is 16.5. The third-order valence-corrected chi connectivity index (χ3v) is 4.97. The second kappa shape index (κ2) is 8.29. The lowest BCUT2D eigenvalue weighted by Gasteiger charge is -2.29. The number of aliphatic hydroxyl groups is 1. The van der Waals surface area contributed by atoms with Gasteiger partial charge in [0.1, 0.15) is 5.82 Å². The van der Waals surface area contributed by atoms with Crippen molar-refractivity contribution in [3.05, 3.63) is 11.3 Å². The number of aryl methyl sites for hydroxylation is 2. The van der Waals surface area contributed by atoms with Crippen LogP contribution >= 0.6 is 0 Å². The summed E-state index contributed by atoms with van der Waals surface area (Å²) in [6.45, 7) is 9.79. The summed E-state index contributed by atoms with van der Waals surface area (Å²) in [6.07, 6.45) is 2.21. The Labute approximate surface area is 144 Å². The normalized spacial score (nSPS) is 20.7. The van der Waals surface area contributed by atoms with Crippen molar-refractivity contribution in [1.29, 1.82) is 0 Å². The van der Waals surface area contributed by atoms with Gasteiger partial charge in [0.2, 0.25) is 0 Å². The van der Waals surface area contributed by atoms with Crippen molar-refractivity contribution in [2.24, 2.45) is 7.05 Å². The quantitative estimate of drug-likeness (QED) is 0.736. The summed E-state index contributed by atoms with van der Waals surface area (Å²) in [5.41, 5.74) is 2.29. The first kappa shape index (κ1) is 17.7. The number of aliphatic hydroxyl groups excluding tert-OH is 1. The SMILES string of the molecule is Cc1nn(C)c(N2CCOCC2)c1CNC[C@H](O)CN1CCCC1. The molecule has 0 aliphatic carbocycles. The van der Waals surface area contributed by atoms with E-state index in [9.17, 15) is 5.11 Å². The lowest BCUT2D eigenvalue weighted by Crippen LogP contribution is -2.39. The molecule has 0 unspecified atom stereocenters. The molecule has 0 bridgehead atoms. The molecule has 0 amide bonds. The van der Waals surface area contributed by atoms with E-state index in [1.54, 1.807) is 0 Å². The van der Waals surface area contributed by atoms with Crippen LogP contribution in [0.4, 0.5) is 5.82 Å². The van der Waals surface area contributed by atoms with Crippen LogP contribution in [0.25, 0.3) is 0 Å². The van der Waals surface area contributed by atoms with Crippen molar-refractivity contribution in [2.75, 3.05) is 57.4 Å². The number of ether oxygens (including phenoxy) is 1. The predicted octanol–water partition coefficient (Wildman–Crippen LogP) is 0.111. The van der Waals surface area contributed by atoms with Crippen LogP contribution in [0.1, 0.15) is 24.1 Å². The maximum atomic E-state index is 10.2. The molecule has 136 valence electrons. The number of nitrogens with one attached hydrogen (secondary N) is 1. The van der Waals surface area contributed by atoms with Gasteiger partial charge < -0.3 is 25.0 Å². The monoisotopic (exact) mass is 337 g/mol. The molecule has 1 aromatic heterocycles. The maximum absolute atomic E-state index is 10.2. The minimum atomic E-state index is -0.313. The van der Waals surface area contributed by atoms with Crippen molar-refractivity contribution in [1.82, 2.24) is 20.0 Å². The Morgan fingerprint density at radius 3 is 2.62 bits per heavy atom. The molecule has 0 saturated carbocycles. The zero-order chi connectivity index (χ0) is 16.9. The molecule has 2 aliphatic rings. The summed E-state index contributed by atoms with van der Waals surface area (Å²) in [6, 6.07) is 0. The molecule has 7 heteroatoms. The zero-order valence-corrected chi connectivity index (χ0v) is 15.0. The number of nitrogens with zero attached hydrogens (tertiary/aromatic N) is 4. The van der Waals surface area contributed by atoms with Crippen molar-refractivity contribution in [3.63, 3.8) is 0 Å². The van der Waals surface area contributed by atoms with E-state index in [1.807, 2.05) is 11.7 Å². The Morgan fingerprint density at radius 1 is 1.21 bits per heavy atom. The van der Waals surface area contributed by atoms with Gasteiger partial charge in [0.15, 0.2) is 0 Å². The first-order valence-electron chi connectivity index (χ1n) is 9.11. The Hall–Kier alpha value is -1.15. The van der Waals surface area contributed by atoms with Gasteiger partial charge in [0.05, 0.1) is 25.0 Å². The second-order valence-electron chi connectivity index (χ2n) is 6.90. The van der Waals surface area contributed by atoms with Gasteiger partial charge in [-0.25, -0.2) is 0 Å². The minimum absolute atomic E-state index is 0.313. The topological polar surface area (TPSA) is 65.8 Å². The number of likely N-dealkylation sites (tertiary alicyclic amines) is 1. The van der Waals surface area contributed by atoms with Crippen molar-refractivity contribution in [3.8, 4) is 0 Å². The third kappa shape index (κ3) is 4.27. The van der Waals surface area contributed by atoms with Gasteiger partial charge >= 0.3 is 0 Å². The van der Waals surface area contributed by atoms with Gasteiger partial charge in [-0.1, -0.05) is 0 Å². The largest absolute Gasteiger partial charge is 0.390 e. The average Bonchev–Trinajstić information content (AvgIpc) is 3.16. The van der Waals surface area contributed by atoms with Crippen LogP contribution in [-0.4, -0.2) is 78.4 Å². The van der Waals surface area contributed by atoms with E-state index in [0.29, 0.717) is 6.54 Å². The fourth-order valence-corrected chi connectivity index (χ4v) is 3.76. The standard InChI is InChI=1S/C17H31N5O2/c1-14-16(12-18-11-15(23)13-21-5-3-4-6-21)17(20(2)19-14)22-7-9-24-10-8-22/h15,18,23H,3-13H2,1-2H3/t15-/m0/s1. The van der Waals surface area contributed by atoms with E-state index >= 15 is 0 Å². The van der Waals surface area contributed by atoms with Gasteiger partial charge in [-0.15, -0.1) is 0 Å². The van der Waals surface area contributed by atoms with Gasteiger partial charge in [-0.05, 0) is 32.9 Å². The molecule has 0 spiro atoms. The number of morpholine rings is 1. The maximum Gasteiger partial charge on any atom is 0.131 e. The van der Waals surface area contributed by atoms with Crippen molar-refractivity contribution in [2.45, 2.75) is 32.4 Å². The lowest BCUT2D eigenvalue weighted by atomic mass is 10.2. The summed E-state index contributed by atoms with van der Waals surface area (Å²) >= 11 is 0. The van der Waals surface area contributed by atoms with Crippen molar-refractivity contribution >= 4 is 5.82 Å². The molecule has 2 aliphatic heterocycles. The Balaban J connectivity index is 1.54. The predicted molar refractivity (Wildman–Crippen MR) is 94.4 cm³/mol. The molecule has 24 heavy (non-hydrogen) atoms. The Morgan fingerprint density at radius 2 is 1.92 bits per heavy atom. The van der Waals surface area contributed by atoms with Crippen LogP contribution in [0.5, 0.6) is 0 Å². The molecule has 0 aromatic carbocycles. The Kier molecular flexibility index (Phi) is 6.10. The highest BCUT2D eigenvalue weighted by Crippen LogP contribution is 2.24. The second-order valence-corrected chi connectivity index (χ2v) is 6.90. The fourth-order valence-electron chi connectivity index (χ4n) is 3.76. The minimum Gasteiger partial charge on any atom is -0.390 e. The molecule has 1 atom stereocenters. The van der Waals surface area contributed by atoms with Crippen LogP contribution in [0.2, 0.25) is 0 Å². The molecule has 7 nitrogen and oxygen atoms in total. The fraction of sp³-hybridized carbons (Fsp3) is 0.824. The van der Waals surface area contributed by atoms with Crippen molar-refractivity contribution < 1.29 is 9.84 Å². The number of hydrogen-bond acceptors (Lipinski definition) is 6. The van der Waals surface area contributed by atoms with Gasteiger partial charge in [-0.3, -0.25) is 4.68 Å². The summed E-state index contributed by atoms with van der Waals surface area (Å²) in [5, 5.41) is 18.2.